The summed E-state index contributed by atoms with van der Waals surface area (Å²) in [6, 6.07) is 0. The van der Waals surface area contributed by atoms with Crippen LogP contribution in [0, 0.1) is 46.3 Å². The lowest BCUT2D eigenvalue weighted by Crippen LogP contribution is -2.51. The number of hydrogen-bond donors (Lipinski definition) is 4. The topological polar surface area (TPSA) is 143 Å². The summed E-state index contributed by atoms with van der Waals surface area (Å²) in [7, 11) is 0. The fourth-order valence-corrected chi connectivity index (χ4v) is 10.5. The molecule has 0 saturated heterocycles. The van der Waals surface area contributed by atoms with E-state index in [0.29, 0.717) is 18.4 Å². The van der Waals surface area contributed by atoms with Gasteiger partial charge in [-0.25, -0.2) is 4.79 Å². The molecule has 3 fully saturated rings. The van der Waals surface area contributed by atoms with Crippen LogP contribution in [0.3, 0.4) is 0 Å². The Bertz CT molecular complexity index is 1270. The molecule has 288 valence electrons. The number of carbonyl (C=O) groups is 5. The first-order chi connectivity index (χ1) is 24.2. The van der Waals surface area contributed by atoms with Crippen LogP contribution < -0.4 is 21.3 Å². The van der Waals surface area contributed by atoms with Gasteiger partial charge in [0.25, 0.3) is 0 Å². The van der Waals surface area contributed by atoms with Crippen molar-refractivity contribution in [2.75, 3.05) is 26.2 Å². The second-order valence-electron chi connectivity index (χ2n) is 17.3. The number of ketones is 1. The molecule has 0 radical (unpaired) electrons. The van der Waals surface area contributed by atoms with Gasteiger partial charge in [0.1, 0.15) is 11.9 Å². The summed E-state index contributed by atoms with van der Waals surface area (Å²) in [6.45, 7) is 13.7. The second-order valence-corrected chi connectivity index (χ2v) is 17.3. The van der Waals surface area contributed by atoms with E-state index in [0.717, 1.165) is 67.6 Å². The Morgan fingerprint density at radius 3 is 2.20 bits per heavy atom. The first-order valence-electron chi connectivity index (χ1n) is 20.2. The molecule has 8 unspecified atom stereocenters. The molecule has 51 heavy (non-hydrogen) atoms. The summed E-state index contributed by atoms with van der Waals surface area (Å²) < 4.78 is 5.92. The van der Waals surface area contributed by atoms with Crippen molar-refractivity contribution >= 4 is 29.6 Å². The molecule has 4 rings (SSSR count). The van der Waals surface area contributed by atoms with Crippen molar-refractivity contribution in [3.05, 3.63) is 11.6 Å². The quantitative estimate of drug-likeness (QED) is 0.0930. The van der Waals surface area contributed by atoms with Gasteiger partial charge in [0.2, 0.25) is 17.7 Å². The van der Waals surface area contributed by atoms with Gasteiger partial charge < -0.3 is 26.0 Å². The molecular formula is C41H68N4O6. The molecule has 0 aliphatic heterocycles. The zero-order chi connectivity index (χ0) is 37.2. The van der Waals surface area contributed by atoms with Gasteiger partial charge in [0, 0.05) is 19.4 Å². The van der Waals surface area contributed by atoms with Gasteiger partial charge in [-0.15, -0.1) is 0 Å². The van der Waals surface area contributed by atoms with E-state index in [2.05, 4.69) is 62.0 Å². The molecule has 0 aromatic carbocycles. The van der Waals surface area contributed by atoms with Crippen LogP contribution in [0.1, 0.15) is 138 Å². The molecule has 3 saturated carbocycles. The SMILES string of the molecule is CC(=O)CNC(=O)CNC(=O)CNC(=O)CCCCCNC(=O)OC1CCC2(C)C(=CCC3C2CCC2(C)C(C(C)CCCC(C)C)CCC32)C1. The number of fused-ring (bicyclic) bond motifs is 5. The lowest BCUT2D eigenvalue weighted by molar-refractivity contribution is -0.128. The summed E-state index contributed by atoms with van der Waals surface area (Å²) in [5.41, 5.74) is 2.24. The van der Waals surface area contributed by atoms with Crippen molar-refractivity contribution in [2.24, 2.45) is 46.3 Å². The van der Waals surface area contributed by atoms with Gasteiger partial charge in [0.15, 0.2) is 0 Å². The van der Waals surface area contributed by atoms with E-state index in [1.165, 1.54) is 63.9 Å². The molecule has 0 spiro atoms. The maximum Gasteiger partial charge on any atom is 0.407 e. The summed E-state index contributed by atoms with van der Waals surface area (Å²) in [5, 5.41) is 10.2. The minimum Gasteiger partial charge on any atom is -0.446 e. The van der Waals surface area contributed by atoms with Crippen LogP contribution in [-0.4, -0.2) is 61.9 Å². The number of alkyl carbamates (subject to hydrolysis) is 1. The summed E-state index contributed by atoms with van der Waals surface area (Å²) in [5.74, 6) is 3.51. The first-order valence-corrected chi connectivity index (χ1v) is 20.2. The lowest BCUT2D eigenvalue weighted by Gasteiger charge is -2.58. The van der Waals surface area contributed by atoms with Crippen molar-refractivity contribution in [1.82, 2.24) is 21.3 Å². The average molecular weight is 713 g/mol. The fraction of sp³-hybridized carbons (Fsp3) is 0.829. The monoisotopic (exact) mass is 713 g/mol. The van der Waals surface area contributed by atoms with Crippen molar-refractivity contribution in [3.8, 4) is 0 Å². The van der Waals surface area contributed by atoms with Crippen LogP contribution in [0.5, 0.6) is 0 Å². The Morgan fingerprint density at radius 1 is 0.784 bits per heavy atom. The number of carbonyl (C=O) groups excluding carboxylic acids is 5. The van der Waals surface area contributed by atoms with E-state index >= 15 is 0 Å². The number of ether oxygens (including phenoxy) is 1. The number of Topliss-reactive ketones (excluding diaryl/α,β-unsaturated/α-hetero) is 1. The van der Waals surface area contributed by atoms with E-state index in [4.69, 9.17) is 4.74 Å². The number of nitrogens with one attached hydrogen (secondary N) is 4. The van der Waals surface area contributed by atoms with Crippen LogP contribution in [0.4, 0.5) is 4.79 Å². The first kappa shape index (κ1) is 40.9. The zero-order valence-corrected chi connectivity index (χ0v) is 32.5. The highest BCUT2D eigenvalue weighted by molar-refractivity contribution is 5.89. The maximum atomic E-state index is 12.7. The third-order valence-corrected chi connectivity index (χ3v) is 13.3. The molecule has 0 heterocycles. The molecule has 0 bridgehead atoms. The third-order valence-electron chi connectivity index (χ3n) is 13.3. The van der Waals surface area contributed by atoms with Gasteiger partial charge in [-0.05, 0) is 111 Å². The van der Waals surface area contributed by atoms with Crippen molar-refractivity contribution in [2.45, 2.75) is 144 Å². The minimum atomic E-state index is -0.479. The normalized spacial score (nSPS) is 30.2. The van der Waals surface area contributed by atoms with Gasteiger partial charge >= 0.3 is 6.09 Å². The lowest BCUT2D eigenvalue weighted by atomic mass is 9.47. The molecule has 10 heteroatoms. The van der Waals surface area contributed by atoms with E-state index in [9.17, 15) is 24.0 Å². The van der Waals surface area contributed by atoms with Crippen LogP contribution in [0.25, 0.3) is 0 Å². The van der Waals surface area contributed by atoms with Gasteiger partial charge in [-0.3, -0.25) is 19.2 Å². The molecule has 10 nitrogen and oxygen atoms in total. The summed E-state index contributed by atoms with van der Waals surface area (Å²) in [6.07, 6.45) is 18.2. The minimum absolute atomic E-state index is 0.0758. The molecular weight excluding hydrogens is 644 g/mol. The Hall–Kier alpha value is -2.91. The smallest absolute Gasteiger partial charge is 0.407 e. The van der Waals surface area contributed by atoms with Crippen LogP contribution in [0.2, 0.25) is 0 Å². The number of unbranched alkanes of at least 4 members (excludes halogenated alkanes) is 2. The predicted octanol–water partition coefficient (Wildman–Crippen LogP) is 6.62. The van der Waals surface area contributed by atoms with Crippen LogP contribution >= 0.6 is 0 Å². The molecule has 4 amide bonds. The van der Waals surface area contributed by atoms with Crippen molar-refractivity contribution in [3.63, 3.8) is 0 Å². The maximum absolute atomic E-state index is 12.7. The Morgan fingerprint density at radius 2 is 1.49 bits per heavy atom. The highest BCUT2D eigenvalue weighted by Crippen LogP contribution is 2.67. The number of hydrogen-bond acceptors (Lipinski definition) is 6. The highest BCUT2D eigenvalue weighted by Gasteiger charge is 2.59. The van der Waals surface area contributed by atoms with Crippen LogP contribution in [0.15, 0.2) is 11.6 Å². The Labute approximate surface area is 307 Å². The molecule has 4 N–H and O–H groups in total. The predicted molar refractivity (Wildman–Crippen MR) is 199 cm³/mol. The van der Waals surface area contributed by atoms with Crippen molar-refractivity contribution < 1.29 is 28.7 Å². The standard InChI is InChI=1S/C41H68N4O6/c1-27(2)11-10-12-28(3)33-16-17-34-32-15-14-30-23-31(18-20-40(30,5)35(32)19-21-41(33,34)6)51-39(50)42-22-9-7-8-13-36(47)44-25-38(49)45-26-37(48)43-24-29(4)46/h14,27-28,31-35H,7-13,15-26H2,1-6H3,(H,42,50)(H,43,48)(H,44,47)(H,45,49). The van der Waals surface area contributed by atoms with E-state index in [-0.39, 0.29) is 55.4 Å². The number of allylic oxidation sites excluding steroid dienone is 1. The molecule has 0 aromatic heterocycles. The highest BCUT2D eigenvalue weighted by atomic mass is 16.6. The molecule has 4 aliphatic carbocycles. The van der Waals surface area contributed by atoms with E-state index < -0.39 is 11.8 Å². The molecule has 0 aromatic rings. The van der Waals surface area contributed by atoms with E-state index in [1.54, 1.807) is 0 Å². The summed E-state index contributed by atoms with van der Waals surface area (Å²) >= 11 is 0. The van der Waals surface area contributed by atoms with Crippen LogP contribution in [-0.2, 0) is 23.9 Å². The second kappa shape index (κ2) is 18.7. The molecule has 4 aliphatic rings. The number of amides is 4. The third kappa shape index (κ3) is 11.0. The van der Waals surface area contributed by atoms with Gasteiger partial charge in [-0.2, -0.15) is 0 Å². The van der Waals surface area contributed by atoms with E-state index in [1.807, 2.05) is 0 Å². The Balaban J connectivity index is 1.11. The Kier molecular flexibility index (Phi) is 15.0. The fourth-order valence-electron chi connectivity index (χ4n) is 10.5. The summed E-state index contributed by atoms with van der Waals surface area (Å²) in [4.78, 5) is 59.0. The average Bonchev–Trinajstić information content (AvgIpc) is 3.44. The number of rotatable bonds is 18. The van der Waals surface area contributed by atoms with Gasteiger partial charge in [-0.1, -0.05) is 72.0 Å². The largest absolute Gasteiger partial charge is 0.446 e. The van der Waals surface area contributed by atoms with Gasteiger partial charge in [0.05, 0.1) is 19.6 Å². The zero-order valence-electron chi connectivity index (χ0n) is 32.5. The molecule has 8 atom stereocenters. The van der Waals surface area contributed by atoms with Crippen molar-refractivity contribution in [1.29, 1.82) is 0 Å².